The van der Waals surface area contributed by atoms with Gasteiger partial charge >= 0.3 is 0 Å². The van der Waals surface area contributed by atoms with Crippen LogP contribution in [0.15, 0.2) is 23.1 Å². The summed E-state index contributed by atoms with van der Waals surface area (Å²) in [4.78, 5) is 35.0. The molecule has 1 aliphatic rings. The van der Waals surface area contributed by atoms with Crippen molar-refractivity contribution in [2.24, 2.45) is 0 Å². The summed E-state index contributed by atoms with van der Waals surface area (Å²) in [7, 11) is 0. The van der Waals surface area contributed by atoms with E-state index in [1.54, 1.807) is 6.92 Å². The Bertz CT molecular complexity index is 644. The van der Waals surface area contributed by atoms with Gasteiger partial charge in [0.15, 0.2) is 0 Å². The number of likely N-dealkylation sites (N-methyl/N-ethyl adjacent to an activating group) is 1. The normalized spacial score (nSPS) is 17.1. The molecule has 0 unspecified atom stereocenters. The Kier molecular flexibility index (Phi) is 4.10. The zero-order valence-electron chi connectivity index (χ0n) is 10.3. The molecule has 0 bridgehead atoms. The van der Waals surface area contributed by atoms with E-state index in [0.717, 1.165) is 16.7 Å². The zero-order chi connectivity index (χ0) is 14.9. The van der Waals surface area contributed by atoms with E-state index in [1.165, 1.54) is 24.3 Å². The van der Waals surface area contributed by atoms with Crippen molar-refractivity contribution >= 4 is 46.3 Å². The molecule has 2 amide bonds. The predicted molar refractivity (Wildman–Crippen MR) is 76.5 cm³/mol. The zero-order valence-corrected chi connectivity index (χ0v) is 11.9. The van der Waals surface area contributed by atoms with E-state index >= 15 is 0 Å². The van der Waals surface area contributed by atoms with E-state index < -0.39 is 10.8 Å². The lowest BCUT2D eigenvalue weighted by Gasteiger charge is -2.07. The summed E-state index contributed by atoms with van der Waals surface area (Å²) >= 11 is 6.74. The molecule has 0 N–H and O–H groups in total. The van der Waals surface area contributed by atoms with Crippen LogP contribution >= 0.6 is 23.4 Å². The molecule has 0 radical (unpaired) electrons. The van der Waals surface area contributed by atoms with Crippen LogP contribution in [0.25, 0.3) is 6.08 Å². The SMILES string of the molecule is CCN1C(=O)S/C(=C/c2cc([N+](=O)[O-])ccc2Cl)C1=O. The Hall–Kier alpha value is -1.86. The average molecular weight is 313 g/mol. The third-order valence-electron chi connectivity index (χ3n) is 2.67. The minimum absolute atomic E-state index is 0.129. The second kappa shape index (κ2) is 5.64. The first kappa shape index (κ1) is 14.5. The number of carbonyl (C=O) groups is 2. The van der Waals surface area contributed by atoms with E-state index in [2.05, 4.69) is 0 Å². The molecule has 0 saturated carbocycles. The van der Waals surface area contributed by atoms with Crippen molar-refractivity contribution < 1.29 is 14.5 Å². The average Bonchev–Trinajstić information content (AvgIpc) is 2.66. The smallest absolute Gasteiger partial charge is 0.269 e. The molecule has 1 aromatic rings. The number of hydrogen-bond donors (Lipinski definition) is 0. The van der Waals surface area contributed by atoms with Gasteiger partial charge in [0.25, 0.3) is 16.8 Å². The molecule has 0 atom stereocenters. The molecule has 8 heteroatoms. The lowest BCUT2D eigenvalue weighted by atomic mass is 10.2. The summed E-state index contributed by atoms with van der Waals surface area (Å²) in [5.74, 6) is -0.412. The van der Waals surface area contributed by atoms with Crippen LogP contribution in [0.4, 0.5) is 10.5 Å². The molecular weight excluding hydrogens is 304 g/mol. The fourth-order valence-corrected chi connectivity index (χ4v) is 2.74. The third kappa shape index (κ3) is 2.68. The van der Waals surface area contributed by atoms with E-state index in [-0.39, 0.29) is 27.4 Å². The minimum atomic E-state index is -0.550. The van der Waals surface area contributed by atoms with Crippen LogP contribution in [-0.4, -0.2) is 27.5 Å². The number of nitro benzene ring substituents is 1. The van der Waals surface area contributed by atoms with Gasteiger partial charge in [0.1, 0.15) is 0 Å². The third-order valence-corrected chi connectivity index (χ3v) is 3.92. The molecule has 0 aromatic heterocycles. The Morgan fingerprint density at radius 2 is 2.15 bits per heavy atom. The summed E-state index contributed by atoms with van der Waals surface area (Å²) in [5.41, 5.74) is 0.206. The van der Waals surface area contributed by atoms with Gasteiger partial charge in [-0.15, -0.1) is 0 Å². The minimum Gasteiger partial charge on any atom is -0.269 e. The number of non-ortho nitro benzene ring substituents is 1. The standard InChI is InChI=1S/C12H9ClN2O4S/c1-2-14-11(16)10(20-12(14)17)6-7-5-8(15(18)19)3-4-9(7)13/h3-6H,2H2,1H3/b10-6+. The number of thioether (sulfide) groups is 1. The number of nitrogens with zero attached hydrogens (tertiary/aromatic N) is 2. The maximum Gasteiger partial charge on any atom is 0.293 e. The number of amides is 2. The predicted octanol–water partition coefficient (Wildman–Crippen LogP) is 3.30. The largest absolute Gasteiger partial charge is 0.293 e. The van der Waals surface area contributed by atoms with Crippen LogP contribution in [0.2, 0.25) is 5.02 Å². The van der Waals surface area contributed by atoms with Gasteiger partial charge < -0.3 is 0 Å². The number of carbonyl (C=O) groups excluding carboxylic acids is 2. The highest BCUT2D eigenvalue weighted by atomic mass is 35.5. The molecule has 104 valence electrons. The van der Waals surface area contributed by atoms with Crippen molar-refractivity contribution in [2.75, 3.05) is 6.54 Å². The summed E-state index contributed by atoms with van der Waals surface area (Å²) < 4.78 is 0. The molecule has 0 aliphatic carbocycles. The van der Waals surface area contributed by atoms with Gasteiger partial charge in [-0.25, -0.2) is 0 Å². The fourth-order valence-electron chi connectivity index (χ4n) is 1.67. The molecule has 1 aliphatic heterocycles. The Morgan fingerprint density at radius 3 is 2.70 bits per heavy atom. The van der Waals surface area contributed by atoms with Gasteiger partial charge in [0.05, 0.1) is 9.83 Å². The van der Waals surface area contributed by atoms with Crippen LogP contribution in [0.1, 0.15) is 12.5 Å². The van der Waals surface area contributed by atoms with Crippen LogP contribution in [0.3, 0.4) is 0 Å². The molecule has 1 aromatic carbocycles. The van der Waals surface area contributed by atoms with Crippen LogP contribution in [0, 0.1) is 10.1 Å². The van der Waals surface area contributed by atoms with Crippen LogP contribution in [-0.2, 0) is 4.79 Å². The van der Waals surface area contributed by atoms with E-state index in [9.17, 15) is 19.7 Å². The van der Waals surface area contributed by atoms with Gasteiger partial charge in [-0.2, -0.15) is 0 Å². The van der Waals surface area contributed by atoms with Crippen molar-refractivity contribution in [1.82, 2.24) is 4.90 Å². The van der Waals surface area contributed by atoms with E-state index in [4.69, 9.17) is 11.6 Å². The number of halogens is 1. The Labute approximate surface area is 123 Å². The lowest BCUT2D eigenvalue weighted by molar-refractivity contribution is -0.384. The quantitative estimate of drug-likeness (QED) is 0.486. The van der Waals surface area contributed by atoms with Crippen molar-refractivity contribution in [3.8, 4) is 0 Å². The monoisotopic (exact) mass is 312 g/mol. The summed E-state index contributed by atoms with van der Waals surface area (Å²) in [6.07, 6.45) is 1.40. The van der Waals surface area contributed by atoms with Crippen molar-refractivity contribution in [1.29, 1.82) is 0 Å². The van der Waals surface area contributed by atoms with Gasteiger partial charge in [-0.05, 0) is 30.8 Å². The Balaban J connectivity index is 2.41. The molecule has 20 heavy (non-hydrogen) atoms. The number of hydrogen-bond acceptors (Lipinski definition) is 5. The second-order valence-corrected chi connectivity index (χ2v) is 5.29. The van der Waals surface area contributed by atoms with Gasteiger partial charge in [-0.3, -0.25) is 24.6 Å². The topological polar surface area (TPSA) is 80.5 Å². The van der Waals surface area contributed by atoms with Gasteiger partial charge in [0, 0.05) is 29.3 Å². The highest BCUT2D eigenvalue weighted by Crippen LogP contribution is 2.34. The van der Waals surface area contributed by atoms with Crippen LogP contribution < -0.4 is 0 Å². The maximum atomic E-state index is 11.9. The summed E-state index contributed by atoms with van der Waals surface area (Å²) in [6, 6.07) is 3.93. The molecule has 1 saturated heterocycles. The van der Waals surface area contributed by atoms with E-state index in [1.807, 2.05) is 0 Å². The first-order chi connectivity index (χ1) is 9.43. The maximum absolute atomic E-state index is 11.9. The summed E-state index contributed by atoms with van der Waals surface area (Å²) in [5, 5.41) is 10.6. The lowest BCUT2D eigenvalue weighted by Crippen LogP contribution is -2.27. The molecular formula is C12H9ClN2O4S. The second-order valence-electron chi connectivity index (χ2n) is 3.89. The highest BCUT2D eigenvalue weighted by molar-refractivity contribution is 8.18. The number of rotatable bonds is 3. The molecule has 2 rings (SSSR count). The van der Waals surface area contributed by atoms with Gasteiger partial charge in [-0.1, -0.05) is 11.6 Å². The first-order valence-electron chi connectivity index (χ1n) is 5.63. The fraction of sp³-hybridized carbons (Fsp3) is 0.167. The molecule has 1 heterocycles. The number of benzene rings is 1. The first-order valence-corrected chi connectivity index (χ1v) is 6.82. The number of nitro groups is 1. The number of imide groups is 1. The van der Waals surface area contributed by atoms with E-state index in [0.29, 0.717) is 5.56 Å². The highest BCUT2D eigenvalue weighted by Gasteiger charge is 2.33. The Morgan fingerprint density at radius 1 is 1.45 bits per heavy atom. The van der Waals surface area contributed by atoms with Crippen LogP contribution in [0.5, 0.6) is 0 Å². The van der Waals surface area contributed by atoms with Crippen molar-refractivity contribution in [2.45, 2.75) is 6.92 Å². The molecule has 1 fully saturated rings. The molecule has 0 spiro atoms. The van der Waals surface area contributed by atoms with Crippen molar-refractivity contribution in [3.05, 3.63) is 43.8 Å². The van der Waals surface area contributed by atoms with Crippen molar-refractivity contribution in [3.63, 3.8) is 0 Å². The summed E-state index contributed by atoms with van der Waals surface area (Å²) in [6.45, 7) is 1.98. The molecule has 6 nitrogen and oxygen atoms in total. The van der Waals surface area contributed by atoms with Gasteiger partial charge in [0.2, 0.25) is 0 Å².